The first kappa shape index (κ1) is 21.8. The first-order valence-corrected chi connectivity index (χ1v) is 9.75. The predicted molar refractivity (Wildman–Crippen MR) is 107 cm³/mol. The van der Waals surface area contributed by atoms with Gasteiger partial charge in [-0.1, -0.05) is 77.8 Å². The van der Waals surface area contributed by atoms with Crippen molar-refractivity contribution >= 4 is 34.4 Å². The summed E-state index contributed by atoms with van der Waals surface area (Å²) in [6, 6.07) is 0. The van der Waals surface area contributed by atoms with Crippen LogP contribution in [0.2, 0.25) is 0 Å². The van der Waals surface area contributed by atoms with Crippen LogP contribution in [-0.2, 0) is 0 Å². The first-order chi connectivity index (χ1) is 10.4. The van der Waals surface area contributed by atoms with Crippen molar-refractivity contribution in [2.45, 2.75) is 91.9 Å². The second-order valence-corrected chi connectivity index (χ2v) is 7.66. The number of nitrogens with two attached hydrogens (primary N) is 2. The lowest BCUT2D eigenvalue weighted by Crippen LogP contribution is -2.50. The van der Waals surface area contributed by atoms with Gasteiger partial charge in [0, 0.05) is 5.41 Å². The van der Waals surface area contributed by atoms with E-state index in [0.29, 0.717) is 9.98 Å². The molecule has 0 atom stereocenters. The molecule has 4 N–H and O–H groups in total. The van der Waals surface area contributed by atoms with Crippen LogP contribution in [0.3, 0.4) is 0 Å². The van der Waals surface area contributed by atoms with Crippen LogP contribution in [0.25, 0.3) is 0 Å². The van der Waals surface area contributed by atoms with Gasteiger partial charge in [0.15, 0.2) is 0 Å². The molecule has 130 valence electrons. The van der Waals surface area contributed by atoms with Gasteiger partial charge in [-0.3, -0.25) is 0 Å². The minimum Gasteiger partial charge on any atom is -0.393 e. The van der Waals surface area contributed by atoms with E-state index in [1.165, 1.54) is 0 Å². The van der Waals surface area contributed by atoms with Gasteiger partial charge in [-0.05, 0) is 43.9 Å². The van der Waals surface area contributed by atoms with Crippen molar-refractivity contribution in [2.24, 2.45) is 22.3 Å². The van der Waals surface area contributed by atoms with Gasteiger partial charge < -0.3 is 11.5 Å². The summed E-state index contributed by atoms with van der Waals surface area (Å²) in [7, 11) is 0. The van der Waals surface area contributed by atoms with Crippen LogP contribution in [0, 0.1) is 10.8 Å². The van der Waals surface area contributed by atoms with E-state index in [4.69, 9.17) is 35.9 Å². The van der Waals surface area contributed by atoms with Gasteiger partial charge in [0.25, 0.3) is 0 Å². The number of thiocarbonyl (C=S) groups is 2. The number of hydrogen-bond acceptors (Lipinski definition) is 2. The summed E-state index contributed by atoms with van der Waals surface area (Å²) in [6.45, 7) is 8.98. The molecule has 0 aromatic rings. The maximum Gasteiger partial charge on any atom is 0.0795 e. The van der Waals surface area contributed by atoms with Crippen LogP contribution in [-0.4, -0.2) is 9.98 Å². The summed E-state index contributed by atoms with van der Waals surface area (Å²) in [5.41, 5.74) is 12.3. The zero-order chi connectivity index (χ0) is 17.2. The Hall–Kier alpha value is -0.220. The zero-order valence-corrected chi connectivity index (χ0v) is 16.7. The highest BCUT2D eigenvalue weighted by Crippen LogP contribution is 2.55. The van der Waals surface area contributed by atoms with Crippen LogP contribution in [0.15, 0.2) is 0 Å². The lowest BCUT2D eigenvalue weighted by Gasteiger charge is -2.52. The highest BCUT2D eigenvalue weighted by molar-refractivity contribution is 7.80. The maximum atomic E-state index is 6.36. The number of rotatable bonds is 13. The van der Waals surface area contributed by atoms with Crippen LogP contribution in [0.5, 0.6) is 0 Å². The van der Waals surface area contributed by atoms with E-state index in [2.05, 4.69) is 27.7 Å². The van der Waals surface area contributed by atoms with E-state index in [1.807, 2.05) is 0 Å². The van der Waals surface area contributed by atoms with E-state index in [1.54, 1.807) is 0 Å². The van der Waals surface area contributed by atoms with E-state index in [0.717, 1.165) is 64.2 Å². The maximum absolute atomic E-state index is 6.36. The summed E-state index contributed by atoms with van der Waals surface area (Å²) in [5.74, 6) is 0. The highest BCUT2D eigenvalue weighted by atomic mass is 32.1. The fraction of sp³-hybridized carbons (Fsp3) is 0.889. The van der Waals surface area contributed by atoms with E-state index in [9.17, 15) is 0 Å². The predicted octanol–water partition coefficient (Wildman–Crippen LogP) is 5.51. The molecule has 0 fully saturated rings. The second kappa shape index (κ2) is 10.5. The molecule has 0 aliphatic heterocycles. The quantitative estimate of drug-likeness (QED) is 0.432. The third kappa shape index (κ3) is 5.16. The second-order valence-electron chi connectivity index (χ2n) is 6.69. The van der Waals surface area contributed by atoms with Crippen LogP contribution >= 0.6 is 24.4 Å². The average molecular weight is 345 g/mol. The lowest BCUT2D eigenvalue weighted by atomic mass is 9.53. The third-order valence-corrected chi connectivity index (χ3v) is 5.74. The summed E-state index contributed by atoms with van der Waals surface area (Å²) >= 11 is 10.8. The summed E-state index contributed by atoms with van der Waals surface area (Å²) in [4.78, 5) is 1.32. The molecule has 0 saturated heterocycles. The lowest BCUT2D eigenvalue weighted by molar-refractivity contribution is 0.0478. The van der Waals surface area contributed by atoms with Crippen molar-refractivity contribution in [1.29, 1.82) is 0 Å². The van der Waals surface area contributed by atoms with Gasteiger partial charge in [0.05, 0.1) is 9.98 Å². The fourth-order valence-corrected chi connectivity index (χ4v) is 4.95. The van der Waals surface area contributed by atoms with Crippen LogP contribution in [0.4, 0.5) is 0 Å². The van der Waals surface area contributed by atoms with Crippen molar-refractivity contribution in [1.82, 2.24) is 0 Å². The van der Waals surface area contributed by atoms with Gasteiger partial charge in [-0.15, -0.1) is 0 Å². The molecule has 0 spiro atoms. The molecule has 0 aromatic carbocycles. The molecular weight excluding hydrogens is 308 g/mol. The minimum atomic E-state index is -0.0529. The Morgan fingerprint density at radius 3 is 1.41 bits per heavy atom. The molecule has 4 heteroatoms. The number of hydrogen-bond donors (Lipinski definition) is 2. The molecule has 0 amide bonds. The molecule has 0 saturated carbocycles. The first-order valence-electron chi connectivity index (χ1n) is 8.94. The average Bonchev–Trinajstić information content (AvgIpc) is 2.44. The van der Waals surface area contributed by atoms with Gasteiger partial charge in [0.1, 0.15) is 0 Å². The van der Waals surface area contributed by atoms with Crippen LogP contribution < -0.4 is 11.5 Å². The van der Waals surface area contributed by atoms with E-state index >= 15 is 0 Å². The summed E-state index contributed by atoms with van der Waals surface area (Å²) in [5, 5.41) is 0. The van der Waals surface area contributed by atoms with Gasteiger partial charge in [-0.25, -0.2) is 0 Å². The molecule has 0 heterocycles. The van der Waals surface area contributed by atoms with E-state index < -0.39 is 0 Å². The van der Waals surface area contributed by atoms with Crippen molar-refractivity contribution in [3.05, 3.63) is 0 Å². The topological polar surface area (TPSA) is 52.0 Å². The minimum absolute atomic E-state index is 0.0529. The van der Waals surface area contributed by atoms with Gasteiger partial charge >= 0.3 is 0 Å². The Bertz CT molecular complexity index is 341. The van der Waals surface area contributed by atoms with Crippen LogP contribution in [0.1, 0.15) is 91.9 Å². The molecule has 0 aromatic heterocycles. The Morgan fingerprint density at radius 1 is 0.727 bits per heavy atom. The fourth-order valence-electron chi connectivity index (χ4n) is 4.43. The molecular formula is C18H36N2S2. The molecule has 2 nitrogen and oxygen atoms in total. The van der Waals surface area contributed by atoms with Crippen molar-refractivity contribution in [2.75, 3.05) is 0 Å². The monoisotopic (exact) mass is 344 g/mol. The summed E-state index contributed by atoms with van der Waals surface area (Å²) in [6.07, 6.45) is 10.8. The molecule has 0 aliphatic rings. The third-order valence-electron chi connectivity index (χ3n) is 5.15. The Morgan fingerprint density at radius 2 is 1.14 bits per heavy atom. The molecule has 0 unspecified atom stereocenters. The molecule has 0 radical (unpaired) electrons. The Labute approximate surface area is 148 Å². The van der Waals surface area contributed by atoms with Gasteiger partial charge in [0.2, 0.25) is 0 Å². The zero-order valence-electron chi connectivity index (χ0n) is 15.0. The molecule has 0 rings (SSSR count). The van der Waals surface area contributed by atoms with Crippen molar-refractivity contribution in [3.8, 4) is 0 Å². The van der Waals surface area contributed by atoms with Crippen molar-refractivity contribution in [3.63, 3.8) is 0 Å². The standard InChI is InChI=1S/C18H36N2S2/c1-5-10-17(11-6-2,14-9-15(19)21)18(12-7-3,13-8-4)16(20)22/h5-14H2,1-4H3,(H2,19,21)(H2,20,22). The smallest absolute Gasteiger partial charge is 0.0795 e. The molecule has 0 aliphatic carbocycles. The summed E-state index contributed by atoms with van der Waals surface area (Å²) < 4.78 is 0. The normalized spacial score (nSPS) is 12.4. The van der Waals surface area contributed by atoms with Gasteiger partial charge in [-0.2, -0.15) is 0 Å². The van der Waals surface area contributed by atoms with Crippen molar-refractivity contribution < 1.29 is 0 Å². The van der Waals surface area contributed by atoms with E-state index in [-0.39, 0.29) is 10.8 Å². The highest BCUT2D eigenvalue weighted by Gasteiger charge is 2.50. The Kier molecular flexibility index (Phi) is 10.4. The Balaban J connectivity index is 5.95. The SMILES string of the molecule is CCCC(CCC)(CCC(N)=S)C(CCC)(CCC)C(N)=S. The largest absolute Gasteiger partial charge is 0.393 e. The molecule has 0 bridgehead atoms. The molecule has 22 heavy (non-hydrogen) atoms.